The number of fused-ring (bicyclic) bond motifs is 1. The summed E-state index contributed by atoms with van der Waals surface area (Å²) >= 11 is 0. The highest BCUT2D eigenvalue weighted by Crippen LogP contribution is 2.30. The molecule has 2 N–H and O–H groups in total. The van der Waals surface area contributed by atoms with Crippen LogP contribution in [0.5, 0.6) is 5.75 Å². The van der Waals surface area contributed by atoms with Crippen molar-refractivity contribution < 1.29 is 27.5 Å². The zero-order valence-electron chi connectivity index (χ0n) is 13.0. The Morgan fingerprint density at radius 1 is 1.20 bits per heavy atom. The lowest BCUT2D eigenvalue weighted by Gasteiger charge is -2.23. The largest absolute Gasteiger partial charge is 0.479 e. The van der Waals surface area contributed by atoms with Gasteiger partial charge in [-0.15, -0.1) is 0 Å². The third kappa shape index (κ3) is 3.42. The van der Waals surface area contributed by atoms with Gasteiger partial charge in [0.25, 0.3) is 11.8 Å². The van der Waals surface area contributed by atoms with E-state index in [-0.39, 0.29) is 11.5 Å². The van der Waals surface area contributed by atoms with E-state index in [1.807, 2.05) is 0 Å². The van der Waals surface area contributed by atoms with Crippen LogP contribution in [0, 0.1) is 17.5 Å². The molecule has 0 aliphatic carbocycles. The lowest BCUT2D eigenvalue weighted by molar-refractivity contribution is -0.122. The molecule has 1 atom stereocenters. The number of nitrogens with one attached hydrogen (secondary N) is 2. The molecule has 130 valence electrons. The van der Waals surface area contributed by atoms with Gasteiger partial charge in [-0.3, -0.25) is 9.59 Å². The first-order valence-electron chi connectivity index (χ1n) is 7.38. The minimum Gasteiger partial charge on any atom is -0.479 e. The molecule has 0 aromatic heterocycles. The van der Waals surface area contributed by atoms with Crippen LogP contribution in [0.2, 0.25) is 0 Å². The molecular weight excluding hydrogens is 337 g/mol. The quantitative estimate of drug-likeness (QED) is 0.895. The second-order valence-corrected chi connectivity index (χ2v) is 5.49. The molecule has 25 heavy (non-hydrogen) atoms. The number of carbonyl (C=O) groups excluding carboxylic acids is 2. The van der Waals surface area contributed by atoms with Crippen molar-refractivity contribution in [2.24, 2.45) is 0 Å². The molecule has 2 aromatic rings. The first kappa shape index (κ1) is 16.8. The summed E-state index contributed by atoms with van der Waals surface area (Å²) in [5.41, 5.74) is 0.0493. The van der Waals surface area contributed by atoms with E-state index in [4.69, 9.17) is 4.74 Å². The zero-order chi connectivity index (χ0) is 18.1. The Morgan fingerprint density at radius 2 is 1.88 bits per heavy atom. The van der Waals surface area contributed by atoms with Crippen molar-refractivity contribution in [2.45, 2.75) is 19.6 Å². The van der Waals surface area contributed by atoms with Gasteiger partial charge in [-0.2, -0.15) is 0 Å². The van der Waals surface area contributed by atoms with Gasteiger partial charge in [-0.1, -0.05) is 0 Å². The van der Waals surface area contributed by atoms with Gasteiger partial charge in [0.05, 0.1) is 5.69 Å². The van der Waals surface area contributed by atoms with E-state index in [1.165, 1.54) is 18.2 Å². The number of anilines is 1. The molecule has 1 heterocycles. The monoisotopic (exact) mass is 350 g/mol. The van der Waals surface area contributed by atoms with Crippen LogP contribution in [0.4, 0.5) is 18.9 Å². The fourth-order valence-electron chi connectivity index (χ4n) is 2.36. The number of rotatable bonds is 3. The fraction of sp³-hybridized carbons (Fsp3) is 0.176. The van der Waals surface area contributed by atoms with E-state index in [0.29, 0.717) is 23.6 Å². The first-order valence-corrected chi connectivity index (χ1v) is 7.38. The molecule has 8 heteroatoms. The Labute approximate surface area is 140 Å². The lowest BCUT2D eigenvalue weighted by Crippen LogP contribution is -2.34. The van der Waals surface area contributed by atoms with Crippen LogP contribution in [0.15, 0.2) is 30.3 Å². The van der Waals surface area contributed by atoms with Crippen molar-refractivity contribution in [3.63, 3.8) is 0 Å². The van der Waals surface area contributed by atoms with E-state index in [9.17, 15) is 22.8 Å². The number of hydrogen-bond acceptors (Lipinski definition) is 3. The van der Waals surface area contributed by atoms with Crippen molar-refractivity contribution in [3.05, 3.63) is 58.9 Å². The van der Waals surface area contributed by atoms with Gasteiger partial charge in [-0.05, 0) is 25.1 Å². The van der Waals surface area contributed by atoms with Crippen LogP contribution >= 0.6 is 0 Å². The molecule has 5 nitrogen and oxygen atoms in total. The minimum absolute atomic E-state index is 0.167. The van der Waals surface area contributed by atoms with Crippen molar-refractivity contribution in [1.29, 1.82) is 0 Å². The Balaban J connectivity index is 1.75. The number of benzene rings is 2. The number of ether oxygens (including phenoxy) is 1. The van der Waals surface area contributed by atoms with Gasteiger partial charge in [0.15, 0.2) is 6.10 Å². The maximum atomic E-state index is 13.6. The summed E-state index contributed by atoms with van der Waals surface area (Å²) in [6.07, 6.45) is -0.642. The van der Waals surface area contributed by atoms with Crippen molar-refractivity contribution in [3.8, 4) is 5.75 Å². The molecule has 1 unspecified atom stereocenters. The molecule has 0 fully saturated rings. The first-order chi connectivity index (χ1) is 11.8. The van der Waals surface area contributed by atoms with Crippen molar-refractivity contribution in [2.75, 3.05) is 5.32 Å². The zero-order valence-corrected chi connectivity index (χ0v) is 13.0. The van der Waals surface area contributed by atoms with E-state index >= 15 is 0 Å². The van der Waals surface area contributed by atoms with Crippen LogP contribution < -0.4 is 15.4 Å². The number of amides is 2. The molecule has 0 saturated carbocycles. The third-order valence-corrected chi connectivity index (χ3v) is 3.70. The van der Waals surface area contributed by atoms with Gasteiger partial charge in [0, 0.05) is 29.8 Å². The second-order valence-electron chi connectivity index (χ2n) is 5.49. The molecule has 2 aromatic carbocycles. The summed E-state index contributed by atoms with van der Waals surface area (Å²) in [4.78, 5) is 23.8. The average Bonchev–Trinajstić information content (AvgIpc) is 2.54. The van der Waals surface area contributed by atoms with E-state index < -0.39 is 41.6 Å². The van der Waals surface area contributed by atoms with Gasteiger partial charge in [-0.25, -0.2) is 13.2 Å². The highest BCUT2D eigenvalue weighted by Gasteiger charge is 2.24. The third-order valence-electron chi connectivity index (χ3n) is 3.70. The number of hydrogen-bond donors (Lipinski definition) is 2. The topological polar surface area (TPSA) is 67.4 Å². The summed E-state index contributed by atoms with van der Waals surface area (Å²) in [5, 5.41) is 4.95. The van der Waals surface area contributed by atoms with Crippen LogP contribution in [-0.2, 0) is 11.3 Å². The van der Waals surface area contributed by atoms with E-state index in [0.717, 1.165) is 0 Å². The Hall–Kier alpha value is -3.03. The molecule has 0 bridgehead atoms. The summed E-state index contributed by atoms with van der Waals surface area (Å²) in [6.45, 7) is 1.14. The van der Waals surface area contributed by atoms with Crippen LogP contribution in [0.1, 0.15) is 22.8 Å². The predicted molar refractivity (Wildman–Crippen MR) is 82.6 cm³/mol. The molecular formula is C17H13F3N2O3. The highest BCUT2D eigenvalue weighted by molar-refractivity contribution is 6.00. The molecule has 2 amide bonds. The Morgan fingerprint density at radius 3 is 2.56 bits per heavy atom. The normalized spacial score (nSPS) is 15.8. The van der Waals surface area contributed by atoms with Gasteiger partial charge >= 0.3 is 0 Å². The minimum atomic E-state index is -1.09. The number of carbonyl (C=O) groups is 2. The maximum absolute atomic E-state index is 13.6. The number of halogens is 3. The van der Waals surface area contributed by atoms with Gasteiger partial charge in [0.2, 0.25) is 0 Å². The van der Waals surface area contributed by atoms with Crippen molar-refractivity contribution >= 4 is 17.5 Å². The smallest absolute Gasteiger partial charge is 0.265 e. The summed E-state index contributed by atoms with van der Waals surface area (Å²) in [7, 11) is 0. The van der Waals surface area contributed by atoms with Crippen LogP contribution in [0.25, 0.3) is 0 Å². The lowest BCUT2D eigenvalue weighted by atomic mass is 10.1. The predicted octanol–water partition coefficient (Wildman–Crippen LogP) is 2.75. The fourth-order valence-corrected chi connectivity index (χ4v) is 2.36. The second kappa shape index (κ2) is 6.46. The molecule has 0 saturated heterocycles. The van der Waals surface area contributed by atoms with E-state index in [2.05, 4.69) is 10.6 Å². The average molecular weight is 350 g/mol. The summed E-state index contributed by atoms with van der Waals surface area (Å²) in [5.74, 6) is -3.75. The SMILES string of the molecule is CC1Oc2ccc(C(=O)NCc3c(F)cc(F)cc3F)cc2NC1=O. The van der Waals surface area contributed by atoms with Crippen molar-refractivity contribution in [1.82, 2.24) is 5.32 Å². The Bertz CT molecular complexity index is 847. The molecule has 3 rings (SSSR count). The maximum Gasteiger partial charge on any atom is 0.265 e. The Kier molecular flexibility index (Phi) is 4.35. The highest BCUT2D eigenvalue weighted by atomic mass is 19.1. The molecule has 0 spiro atoms. The molecule has 1 aliphatic heterocycles. The van der Waals surface area contributed by atoms with Crippen LogP contribution in [0.3, 0.4) is 0 Å². The van der Waals surface area contributed by atoms with Gasteiger partial charge < -0.3 is 15.4 Å². The molecule has 1 aliphatic rings. The van der Waals surface area contributed by atoms with Crippen LogP contribution in [-0.4, -0.2) is 17.9 Å². The standard InChI is InChI=1S/C17H13F3N2O3/c1-8-16(23)22-14-4-9(2-3-15(14)25-8)17(24)21-7-11-12(19)5-10(18)6-13(11)20/h2-6,8H,7H2,1H3,(H,21,24)(H,22,23). The summed E-state index contributed by atoms with van der Waals surface area (Å²) in [6, 6.07) is 5.44. The summed E-state index contributed by atoms with van der Waals surface area (Å²) < 4.78 is 45.4. The van der Waals surface area contributed by atoms with Gasteiger partial charge in [0.1, 0.15) is 23.2 Å². The van der Waals surface area contributed by atoms with E-state index in [1.54, 1.807) is 6.92 Å². The molecule has 0 radical (unpaired) electrons.